The van der Waals surface area contributed by atoms with Crippen molar-refractivity contribution < 1.29 is 23.1 Å². The molecule has 1 heterocycles. The third-order valence-electron chi connectivity index (χ3n) is 5.52. The Morgan fingerprint density at radius 3 is 2.53 bits per heavy atom. The van der Waals surface area contributed by atoms with Crippen molar-refractivity contribution in [1.29, 1.82) is 0 Å². The SMILES string of the molecule is C[C@@H]1CN([C@@H](C)CO)C(=O)c2cc(NS(=O)(=O)c3ccccc3)ccc2O[C@H]1CN(C)C. The second-order valence-electron chi connectivity index (χ2n) is 8.51. The first-order valence-electron chi connectivity index (χ1n) is 10.6. The number of aliphatic hydroxyl groups is 1. The standard InChI is InChI=1S/C23H31N3O5S/c1-16-13-26(17(2)15-27)23(28)20-12-18(10-11-21(20)31-22(16)14-25(3)4)24-32(29,30)19-8-6-5-7-9-19/h5-12,16-17,22,24,27H,13-15H2,1-4H3/t16-,17+,22+/m1/s1. The van der Waals surface area contributed by atoms with Crippen LogP contribution in [0.1, 0.15) is 24.2 Å². The molecule has 2 N–H and O–H groups in total. The average molecular weight is 462 g/mol. The van der Waals surface area contributed by atoms with E-state index < -0.39 is 10.0 Å². The molecule has 1 aliphatic heterocycles. The summed E-state index contributed by atoms with van der Waals surface area (Å²) in [7, 11) is 0.104. The summed E-state index contributed by atoms with van der Waals surface area (Å²) >= 11 is 0. The highest BCUT2D eigenvalue weighted by atomic mass is 32.2. The Morgan fingerprint density at radius 2 is 1.91 bits per heavy atom. The van der Waals surface area contributed by atoms with Gasteiger partial charge in [0.1, 0.15) is 11.9 Å². The fourth-order valence-corrected chi connectivity index (χ4v) is 4.75. The Bertz CT molecular complexity index is 1040. The van der Waals surface area contributed by atoms with Crippen LogP contribution < -0.4 is 9.46 Å². The van der Waals surface area contributed by atoms with E-state index in [0.29, 0.717) is 18.8 Å². The maximum absolute atomic E-state index is 13.4. The van der Waals surface area contributed by atoms with E-state index >= 15 is 0 Å². The number of amides is 1. The summed E-state index contributed by atoms with van der Waals surface area (Å²) < 4.78 is 34.2. The van der Waals surface area contributed by atoms with Crippen LogP contribution in [0.3, 0.4) is 0 Å². The van der Waals surface area contributed by atoms with Crippen molar-refractivity contribution in [2.75, 3.05) is 38.5 Å². The molecule has 1 aliphatic rings. The molecule has 0 saturated carbocycles. The van der Waals surface area contributed by atoms with Gasteiger partial charge in [-0.2, -0.15) is 0 Å². The molecule has 0 aliphatic carbocycles. The Kier molecular flexibility index (Phi) is 7.43. The number of rotatable bonds is 7. The van der Waals surface area contributed by atoms with Crippen LogP contribution in [0.15, 0.2) is 53.4 Å². The second-order valence-corrected chi connectivity index (χ2v) is 10.2. The molecule has 1 amide bonds. The molecular weight excluding hydrogens is 430 g/mol. The number of nitrogens with zero attached hydrogens (tertiary/aromatic N) is 2. The maximum Gasteiger partial charge on any atom is 0.261 e. The van der Waals surface area contributed by atoms with Gasteiger partial charge in [-0.3, -0.25) is 9.52 Å². The number of anilines is 1. The zero-order chi connectivity index (χ0) is 23.5. The van der Waals surface area contributed by atoms with E-state index in [9.17, 15) is 18.3 Å². The van der Waals surface area contributed by atoms with Crippen LogP contribution >= 0.6 is 0 Å². The van der Waals surface area contributed by atoms with Crippen LogP contribution in [0.5, 0.6) is 5.75 Å². The first-order chi connectivity index (χ1) is 15.1. The predicted octanol–water partition coefficient (Wildman–Crippen LogP) is 2.27. The topological polar surface area (TPSA) is 99.2 Å². The Labute approximate surface area is 189 Å². The molecule has 0 fully saturated rings. The number of hydrogen-bond donors (Lipinski definition) is 2. The van der Waals surface area contributed by atoms with Crippen molar-refractivity contribution in [1.82, 2.24) is 9.80 Å². The summed E-state index contributed by atoms with van der Waals surface area (Å²) in [6.45, 7) is 4.70. The Balaban J connectivity index is 2.00. The molecular formula is C23H31N3O5S. The third kappa shape index (κ3) is 5.40. The lowest BCUT2D eigenvalue weighted by Gasteiger charge is -2.37. The number of aliphatic hydroxyl groups excluding tert-OH is 1. The molecule has 0 spiro atoms. The molecule has 0 radical (unpaired) electrons. The summed E-state index contributed by atoms with van der Waals surface area (Å²) in [5, 5.41) is 9.72. The number of likely N-dealkylation sites (N-methyl/N-ethyl adjacent to an activating group) is 1. The minimum Gasteiger partial charge on any atom is -0.488 e. The van der Waals surface area contributed by atoms with Crippen molar-refractivity contribution in [2.24, 2.45) is 5.92 Å². The van der Waals surface area contributed by atoms with E-state index in [4.69, 9.17) is 4.74 Å². The van der Waals surface area contributed by atoms with E-state index in [1.807, 2.05) is 25.9 Å². The van der Waals surface area contributed by atoms with Crippen LogP contribution in [0.4, 0.5) is 5.69 Å². The Hall–Kier alpha value is -2.62. The summed E-state index contributed by atoms with van der Waals surface area (Å²) in [6, 6.07) is 12.4. The van der Waals surface area contributed by atoms with Gasteiger partial charge in [-0.15, -0.1) is 0 Å². The maximum atomic E-state index is 13.4. The lowest BCUT2D eigenvalue weighted by Crippen LogP contribution is -2.49. The lowest BCUT2D eigenvalue weighted by atomic mass is 9.99. The number of sulfonamides is 1. The minimum atomic E-state index is -3.81. The molecule has 2 aromatic rings. The predicted molar refractivity (Wildman–Crippen MR) is 123 cm³/mol. The summed E-state index contributed by atoms with van der Waals surface area (Å²) in [6.07, 6.45) is -0.183. The molecule has 8 nitrogen and oxygen atoms in total. The van der Waals surface area contributed by atoms with Gasteiger partial charge >= 0.3 is 0 Å². The molecule has 3 rings (SSSR count). The van der Waals surface area contributed by atoms with Gasteiger partial charge in [-0.25, -0.2) is 8.42 Å². The lowest BCUT2D eigenvalue weighted by molar-refractivity contribution is 0.0363. The zero-order valence-electron chi connectivity index (χ0n) is 18.9. The number of fused-ring (bicyclic) bond motifs is 1. The van der Waals surface area contributed by atoms with Crippen molar-refractivity contribution >= 4 is 21.6 Å². The molecule has 0 aromatic heterocycles. The van der Waals surface area contributed by atoms with Crippen LogP contribution in [0.25, 0.3) is 0 Å². The largest absolute Gasteiger partial charge is 0.488 e. The van der Waals surface area contributed by atoms with Gasteiger partial charge in [0.25, 0.3) is 15.9 Å². The minimum absolute atomic E-state index is 0.0276. The number of hydrogen-bond acceptors (Lipinski definition) is 6. The first-order valence-corrected chi connectivity index (χ1v) is 12.1. The summed E-state index contributed by atoms with van der Waals surface area (Å²) in [5.74, 6) is 0.114. The van der Waals surface area contributed by atoms with E-state index in [0.717, 1.165) is 0 Å². The first kappa shape index (κ1) is 24.0. The van der Waals surface area contributed by atoms with Crippen molar-refractivity contribution in [3.05, 3.63) is 54.1 Å². The van der Waals surface area contributed by atoms with E-state index in [1.165, 1.54) is 18.2 Å². The summed E-state index contributed by atoms with van der Waals surface area (Å²) in [5.41, 5.74) is 0.521. The molecule has 0 saturated heterocycles. The van der Waals surface area contributed by atoms with Gasteiger partial charge in [0, 0.05) is 24.7 Å². The smallest absolute Gasteiger partial charge is 0.261 e. The fourth-order valence-electron chi connectivity index (χ4n) is 3.68. The van der Waals surface area contributed by atoms with Gasteiger partial charge in [0.15, 0.2) is 0 Å². The Morgan fingerprint density at radius 1 is 1.22 bits per heavy atom. The fraction of sp³-hybridized carbons (Fsp3) is 0.435. The highest BCUT2D eigenvalue weighted by Crippen LogP contribution is 2.31. The van der Waals surface area contributed by atoms with Gasteiger partial charge in [-0.05, 0) is 51.4 Å². The number of benzene rings is 2. The van der Waals surface area contributed by atoms with Gasteiger partial charge in [0.2, 0.25) is 0 Å². The molecule has 0 bridgehead atoms. The quantitative estimate of drug-likeness (QED) is 0.656. The third-order valence-corrected chi connectivity index (χ3v) is 6.91. The van der Waals surface area contributed by atoms with Crippen molar-refractivity contribution in [3.8, 4) is 5.75 Å². The van der Waals surface area contributed by atoms with Crippen molar-refractivity contribution in [2.45, 2.75) is 30.9 Å². The molecule has 0 unspecified atom stereocenters. The van der Waals surface area contributed by atoms with E-state index in [-0.39, 0.29) is 46.7 Å². The number of ether oxygens (including phenoxy) is 1. The molecule has 9 heteroatoms. The molecule has 32 heavy (non-hydrogen) atoms. The molecule has 3 atom stereocenters. The van der Waals surface area contributed by atoms with Gasteiger partial charge < -0.3 is 19.6 Å². The van der Waals surface area contributed by atoms with Gasteiger partial charge in [0.05, 0.1) is 23.1 Å². The van der Waals surface area contributed by atoms with Crippen LogP contribution in [0.2, 0.25) is 0 Å². The van der Waals surface area contributed by atoms with E-state index in [2.05, 4.69) is 4.72 Å². The average Bonchev–Trinajstić information content (AvgIpc) is 2.76. The van der Waals surface area contributed by atoms with Crippen LogP contribution in [-0.2, 0) is 10.0 Å². The normalized spacial score (nSPS) is 20.2. The van der Waals surface area contributed by atoms with Crippen molar-refractivity contribution in [3.63, 3.8) is 0 Å². The zero-order valence-corrected chi connectivity index (χ0v) is 19.7. The highest BCUT2D eigenvalue weighted by molar-refractivity contribution is 7.92. The van der Waals surface area contributed by atoms with Gasteiger partial charge in [-0.1, -0.05) is 25.1 Å². The number of nitrogens with one attached hydrogen (secondary N) is 1. The molecule has 174 valence electrons. The number of carbonyl (C=O) groups is 1. The van der Waals surface area contributed by atoms with Crippen LogP contribution in [0, 0.1) is 5.92 Å². The highest BCUT2D eigenvalue weighted by Gasteiger charge is 2.33. The summed E-state index contributed by atoms with van der Waals surface area (Å²) in [4.78, 5) is 17.2. The molecule has 2 aromatic carbocycles. The second kappa shape index (κ2) is 9.89. The monoisotopic (exact) mass is 461 g/mol. The van der Waals surface area contributed by atoms with E-state index in [1.54, 1.807) is 42.2 Å². The van der Waals surface area contributed by atoms with Crippen LogP contribution in [-0.4, -0.2) is 75.2 Å². The number of carbonyl (C=O) groups excluding carboxylic acids is 1.